The monoisotopic (exact) mass is 675 g/mol. The molecule has 0 aromatic rings. The van der Waals surface area contributed by atoms with Crippen molar-refractivity contribution >= 4 is 53.3 Å². The number of nitrogens with zero attached hydrogens (tertiary/aromatic N) is 1. The smallest absolute Gasteiger partial charge is 0.328 e. The molecule has 47 heavy (non-hydrogen) atoms. The van der Waals surface area contributed by atoms with Gasteiger partial charge in [-0.1, -0.05) is 0 Å². The lowest BCUT2D eigenvalue weighted by atomic mass is 10.1. The summed E-state index contributed by atoms with van der Waals surface area (Å²) in [6, 6.07) is -9.04. The summed E-state index contributed by atoms with van der Waals surface area (Å²) in [6.07, 6.45) is -2.31. The van der Waals surface area contributed by atoms with Gasteiger partial charge in [-0.3, -0.25) is 38.6 Å². The molecule has 0 fully saturated rings. The second kappa shape index (κ2) is 20.8. The van der Waals surface area contributed by atoms with Gasteiger partial charge in [0, 0.05) is 6.54 Å². The van der Waals surface area contributed by atoms with E-state index < -0.39 is 109 Å². The molecule has 0 radical (unpaired) electrons. The Balaban J connectivity index is 5.89. The topological polar surface area (TPSA) is 386 Å². The number of rotatable bonds is 21. The molecule has 0 bridgehead atoms. The average Bonchev–Trinajstić information content (AvgIpc) is 2.98. The molecule has 0 aromatic heterocycles. The van der Waals surface area contributed by atoms with E-state index in [-0.39, 0.29) is 25.3 Å². The maximum absolute atomic E-state index is 13.2. The van der Waals surface area contributed by atoms with Gasteiger partial charge in [-0.15, -0.1) is 0 Å². The minimum absolute atomic E-state index is 0.0101. The van der Waals surface area contributed by atoms with Crippen molar-refractivity contribution in [2.24, 2.45) is 27.9 Å². The molecule has 0 aliphatic rings. The number of carbonyl (C=O) groups is 8. The van der Waals surface area contributed by atoms with Crippen molar-refractivity contribution in [2.75, 3.05) is 19.7 Å². The van der Waals surface area contributed by atoms with Crippen LogP contribution in [0.4, 0.5) is 0 Å². The fraction of sp³-hybridized carbons (Fsp3) is 0.640. The SMILES string of the molecule is C[C@H](NC(=O)CN)C(=O)N[C@@H](CO)C(=O)N[C@@H](CC(N)=O)C(=O)N[C@@H](CCCN=C(N)N)C(=O)N[C@@H](C)C(=O)N[C@H](C(=O)O)[C@@H](C)O. The highest BCUT2D eigenvalue weighted by molar-refractivity contribution is 5.98. The van der Waals surface area contributed by atoms with Gasteiger partial charge in [0.05, 0.1) is 25.7 Å². The molecular weight excluding hydrogens is 630 g/mol. The second-order valence-electron chi connectivity index (χ2n) is 10.3. The zero-order chi connectivity index (χ0) is 36.4. The second-order valence-corrected chi connectivity index (χ2v) is 10.3. The highest BCUT2D eigenvalue weighted by Crippen LogP contribution is 2.04. The van der Waals surface area contributed by atoms with Crippen molar-refractivity contribution in [3.63, 3.8) is 0 Å². The summed E-state index contributed by atoms with van der Waals surface area (Å²) in [6.45, 7) is 2.24. The molecule has 7 amide bonds. The van der Waals surface area contributed by atoms with Crippen molar-refractivity contribution < 1.29 is 53.7 Å². The minimum atomic E-state index is -1.73. The van der Waals surface area contributed by atoms with Crippen molar-refractivity contribution in [2.45, 2.75) is 82.4 Å². The van der Waals surface area contributed by atoms with Crippen LogP contribution in [0.25, 0.3) is 0 Å². The zero-order valence-electron chi connectivity index (χ0n) is 26.1. The molecule has 0 aromatic carbocycles. The van der Waals surface area contributed by atoms with Crippen LogP contribution in [0.3, 0.4) is 0 Å². The number of hydrogen-bond donors (Lipinski definition) is 13. The fourth-order valence-corrected chi connectivity index (χ4v) is 3.63. The van der Waals surface area contributed by atoms with E-state index in [0.29, 0.717) is 0 Å². The van der Waals surface area contributed by atoms with Gasteiger partial charge in [-0.25, -0.2) is 4.79 Å². The largest absolute Gasteiger partial charge is 0.480 e. The van der Waals surface area contributed by atoms with Crippen molar-refractivity contribution in [1.29, 1.82) is 0 Å². The van der Waals surface area contributed by atoms with Gasteiger partial charge in [-0.2, -0.15) is 0 Å². The molecule has 22 nitrogen and oxygen atoms in total. The van der Waals surface area contributed by atoms with Crippen LogP contribution in [0.5, 0.6) is 0 Å². The van der Waals surface area contributed by atoms with E-state index in [2.05, 4.69) is 36.9 Å². The predicted octanol–water partition coefficient (Wildman–Crippen LogP) is -7.72. The number of aliphatic hydroxyl groups excluding tert-OH is 2. The Morgan fingerprint density at radius 3 is 1.68 bits per heavy atom. The number of primary amides is 1. The molecule has 22 heteroatoms. The van der Waals surface area contributed by atoms with Gasteiger partial charge in [0.1, 0.15) is 30.2 Å². The predicted molar refractivity (Wildman–Crippen MR) is 162 cm³/mol. The molecule has 0 unspecified atom stereocenters. The molecular formula is C25H45N11O11. The number of hydrogen-bond acceptors (Lipinski definition) is 12. The Bertz CT molecular complexity index is 1180. The van der Waals surface area contributed by atoms with E-state index in [1.807, 2.05) is 0 Å². The fourth-order valence-electron chi connectivity index (χ4n) is 3.63. The van der Waals surface area contributed by atoms with E-state index >= 15 is 0 Å². The van der Waals surface area contributed by atoms with Gasteiger partial charge >= 0.3 is 5.97 Å². The van der Waals surface area contributed by atoms with Crippen LogP contribution >= 0.6 is 0 Å². The van der Waals surface area contributed by atoms with Crippen molar-refractivity contribution in [1.82, 2.24) is 31.9 Å². The highest BCUT2D eigenvalue weighted by atomic mass is 16.4. The number of aliphatic carboxylic acids is 1. The maximum atomic E-state index is 13.2. The maximum Gasteiger partial charge on any atom is 0.328 e. The highest BCUT2D eigenvalue weighted by Gasteiger charge is 2.33. The molecule has 0 aliphatic carbocycles. The minimum Gasteiger partial charge on any atom is -0.480 e. The van der Waals surface area contributed by atoms with E-state index in [0.717, 1.165) is 6.92 Å². The molecule has 0 aliphatic heterocycles. The molecule has 17 N–H and O–H groups in total. The molecule has 266 valence electrons. The first kappa shape index (κ1) is 41.9. The van der Waals surface area contributed by atoms with E-state index in [9.17, 15) is 53.7 Å². The van der Waals surface area contributed by atoms with Crippen LogP contribution in [0.2, 0.25) is 0 Å². The molecule has 0 saturated carbocycles. The van der Waals surface area contributed by atoms with Crippen LogP contribution in [-0.2, 0) is 38.4 Å². The number of carboxylic acid groups (broad SMARTS) is 1. The molecule has 0 saturated heterocycles. The number of nitrogens with two attached hydrogens (primary N) is 4. The molecule has 7 atom stereocenters. The molecule has 0 heterocycles. The van der Waals surface area contributed by atoms with Crippen LogP contribution in [0.1, 0.15) is 40.0 Å². The number of amides is 7. The van der Waals surface area contributed by atoms with Crippen molar-refractivity contribution in [3.8, 4) is 0 Å². The lowest BCUT2D eigenvalue weighted by Gasteiger charge is -2.26. The number of carbonyl (C=O) groups excluding carboxylic acids is 7. The van der Waals surface area contributed by atoms with E-state index in [4.69, 9.17) is 22.9 Å². The van der Waals surface area contributed by atoms with Gasteiger partial charge in [0.2, 0.25) is 41.4 Å². The normalized spacial score (nSPS) is 15.1. The summed E-state index contributed by atoms with van der Waals surface area (Å²) >= 11 is 0. The molecule has 0 rings (SSSR count). The third-order valence-corrected chi connectivity index (χ3v) is 6.19. The number of aliphatic hydroxyl groups is 2. The Labute approximate surface area is 269 Å². The van der Waals surface area contributed by atoms with Crippen molar-refractivity contribution in [3.05, 3.63) is 0 Å². The van der Waals surface area contributed by atoms with E-state index in [1.54, 1.807) is 0 Å². The Hall–Kier alpha value is -5.09. The van der Waals surface area contributed by atoms with Crippen LogP contribution < -0.4 is 54.8 Å². The number of aliphatic imine (C=N–C) groups is 1. The summed E-state index contributed by atoms with van der Waals surface area (Å²) in [7, 11) is 0. The Morgan fingerprint density at radius 1 is 0.702 bits per heavy atom. The van der Waals surface area contributed by atoms with Gasteiger partial charge in [0.25, 0.3) is 0 Å². The summed E-state index contributed by atoms with van der Waals surface area (Å²) in [5.41, 5.74) is 21.0. The lowest BCUT2D eigenvalue weighted by molar-refractivity contribution is -0.145. The quantitative estimate of drug-likeness (QED) is 0.0305. The third kappa shape index (κ3) is 16.2. The first-order valence-electron chi connectivity index (χ1n) is 14.2. The Kier molecular flexibility index (Phi) is 18.6. The third-order valence-electron chi connectivity index (χ3n) is 6.19. The van der Waals surface area contributed by atoms with Gasteiger partial charge in [0.15, 0.2) is 12.0 Å². The zero-order valence-corrected chi connectivity index (χ0v) is 26.1. The number of guanidine groups is 1. The van der Waals surface area contributed by atoms with E-state index in [1.165, 1.54) is 13.8 Å². The van der Waals surface area contributed by atoms with Crippen LogP contribution in [0, 0.1) is 0 Å². The number of carboxylic acids is 1. The first-order valence-corrected chi connectivity index (χ1v) is 14.2. The standard InChI is InChI=1S/C25H45N11O11/c1-10(31-17(40)8-26)19(41)35-15(9-37)23(45)34-14(7-16(27)39)22(44)33-13(5-4-6-30-25(28)29)21(43)32-11(2)20(42)36-18(12(3)38)24(46)47/h10-15,18,37-38H,4-9,26H2,1-3H3,(H2,27,39)(H,31,40)(H,32,43)(H,33,44)(H,34,45)(H,35,41)(H,36,42)(H,46,47)(H4,28,29,30)/t10-,11-,12+,13-,14-,15-,18-/m0/s1. The van der Waals surface area contributed by atoms with Crippen LogP contribution in [-0.4, -0.2) is 131 Å². The first-order chi connectivity index (χ1) is 21.8. The molecule has 0 spiro atoms. The summed E-state index contributed by atoms with van der Waals surface area (Å²) < 4.78 is 0. The van der Waals surface area contributed by atoms with Gasteiger partial charge < -0.3 is 70.2 Å². The summed E-state index contributed by atoms with van der Waals surface area (Å²) in [5, 5.41) is 41.7. The number of nitrogens with one attached hydrogen (secondary N) is 6. The Morgan fingerprint density at radius 2 is 1.19 bits per heavy atom. The lowest BCUT2D eigenvalue weighted by Crippen LogP contribution is -2.60. The summed E-state index contributed by atoms with van der Waals surface area (Å²) in [4.78, 5) is 102. The average molecular weight is 676 g/mol. The van der Waals surface area contributed by atoms with Gasteiger partial charge in [-0.05, 0) is 33.6 Å². The van der Waals surface area contributed by atoms with Crippen LogP contribution in [0.15, 0.2) is 4.99 Å². The summed E-state index contributed by atoms with van der Waals surface area (Å²) in [5.74, 6) is -8.58.